The van der Waals surface area contributed by atoms with Gasteiger partial charge in [-0.05, 0) is 13.0 Å². The van der Waals surface area contributed by atoms with E-state index < -0.39 is 22.3 Å². The Morgan fingerprint density at radius 1 is 1.35 bits per heavy atom. The third-order valence-electron chi connectivity index (χ3n) is 2.63. The molecule has 0 fully saturated rings. The standard InChI is InChI=1S/C13H10N4O6/c1-7-6-9(16-23-7)12(18)11(13(19)20)15-14-8-4-2-3-5-10(8)17(21)22/h2-6,18H,1H3,(H,19,20)/b12-11-,15-14?. The van der Waals surface area contributed by atoms with Crippen LogP contribution in [0.2, 0.25) is 0 Å². The summed E-state index contributed by atoms with van der Waals surface area (Å²) in [6, 6.07) is 6.70. The molecule has 23 heavy (non-hydrogen) atoms. The smallest absolute Gasteiger partial charge is 0.360 e. The lowest BCUT2D eigenvalue weighted by molar-refractivity contribution is -0.384. The molecule has 1 aromatic carbocycles. The van der Waals surface area contributed by atoms with Crippen LogP contribution in [0.25, 0.3) is 5.76 Å². The third-order valence-corrected chi connectivity index (χ3v) is 2.63. The summed E-state index contributed by atoms with van der Waals surface area (Å²) < 4.78 is 4.73. The highest BCUT2D eigenvalue weighted by molar-refractivity contribution is 5.93. The Morgan fingerprint density at radius 3 is 2.61 bits per heavy atom. The van der Waals surface area contributed by atoms with Crippen molar-refractivity contribution in [1.29, 1.82) is 0 Å². The molecule has 2 aromatic rings. The predicted molar refractivity (Wildman–Crippen MR) is 76.0 cm³/mol. The highest BCUT2D eigenvalue weighted by Gasteiger charge is 2.19. The van der Waals surface area contributed by atoms with E-state index in [1.54, 1.807) is 6.92 Å². The number of carboxylic acid groups (broad SMARTS) is 1. The molecule has 1 aromatic heterocycles. The number of azo groups is 1. The maximum atomic E-state index is 11.2. The number of nitro benzene ring substituents is 1. The minimum atomic E-state index is -1.58. The van der Waals surface area contributed by atoms with Gasteiger partial charge in [0.1, 0.15) is 5.76 Å². The molecule has 2 rings (SSSR count). The van der Waals surface area contributed by atoms with Crippen LogP contribution in [0, 0.1) is 17.0 Å². The zero-order chi connectivity index (χ0) is 17.0. The highest BCUT2D eigenvalue weighted by atomic mass is 16.6. The number of nitro groups is 1. The fourth-order valence-electron chi connectivity index (χ4n) is 1.60. The molecule has 0 unspecified atom stereocenters. The van der Waals surface area contributed by atoms with Crippen molar-refractivity contribution in [3.8, 4) is 0 Å². The van der Waals surface area contributed by atoms with E-state index in [2.05, 4.69) is 15.4 Å². The number of hydrogen-bond donors (Lipinski definition) is 2. The highest BCUT2D eigenvalue weighted by Crippen LogP contribution is 2.28. The first-order valence-electron chi connectivity index (χ1n) is 6.15. The summed E-state index contributed by atoms with van der Waals surface area (Å²) in [6.45, 7) is 1.55. The number of aromatic nitrogens is 1. The average molecular weight is 318 g/mol. The molecule has 118 valence electrons. The van der Waals surface area contributed by atoms with Gasteiger partial charge >= 0.3 is 5.97 Å². The van der Waals surface area contributed by atoms with E-state index in [0.29, 0.717) is 5.76 Å². The first kappa shape index (κ1) is 15.8. The van der Waals surface area contributed by atoms with Crippen LogP contribution in [-0.4, -0.2) is 26.3 Å². The summed E-state index contributed by atoms with van der Waals surface area (Å²) in [6.07, 6.45) is 0. The van der Waals surface area contributed by atoms with Crippen LogP contribution in [0.1, 0.15) is 11.5 Å². The van der Waals surface area contributed by atoms with Gasteiger partial charge in [0.2, 0.25) is 5.70 Å². The number of para-hydroxylation sites is 1. The number of benzene rings is 1. The van der Waals surface area contributed by atoms with Crippen molar-refractivity contribution in [2.45, 2.75) is 6.92 Å². The summed E-state index contributed by atoms with van der Waals surface area (Å²) >= 11 is 0. The van der Waals surface area contributed by atoms with Crippen LogP contribution in [0.5, 0.6) is 0 Å². The van der Waals surface area contributed by atoms with Crippen LogP contribution in [0.3, 0.4) is 0 Å². The van der Waals surface area contributed by atoms with E-state index in [9.17, 15) is 20.0 Å². The van der Waals surface area contributed by atoms with Crippen molar-refractivity contribution in [3.63, 3.8) is 0 Å². The number of rotatable bonds is 5. The topological polar surface area (TPSA) is 151 Å². The first-order chi connectivity index (χ1) is 10.9. The van der Waals surface area contributed by atoms with Crippen LogP contribution in [0.15, 0.2) is 50.8 Å². The largest absolute Gasteiger partial charge is 0.504 e. The lowest BCUT2D eigenvalue weighted by atomic mass is 10.2. The molecule has 0 saturated carbocycles. The molecule has 0 spiro atoms. The number of hydrogen-bond acceptors (Lipinski definition) is 8. The van der Waals surface area contributed by atoms with E-state index >= 15 is 0 Å². The van der Waals surface area contributed by atoms with Crippen molar-refractivity contribution >= 4 is 23.1 Å². The molecule has 0 radical (unpaired) electrons. The maximum absolute atomic E-state index is 11.2. The minimum absolute atomic E-state index is 0.138. The molecule has 10 heteroatoms. The van der Waals surface area contributed by atoms with Gasteiger partial charge in [0.25, 0.3) is 5.69 Å². The van der Waals surface area contributed by atoms with Gasteiger partial charge in [-0.3, -0.25) is 10.1 Å². The van der Waals surface area contributed by atoms with Crippen LogP contribution in [-0.2, 0) is 4.79 Å². The Balaban J connectivity index is 2.45. The van der Waals surface area contributed by atoms with Crippen LogP contribution in [0.4, 0.5) is 11.4 Å². The Morgan fingerprint density at radius 2 is 2.04 bits per heavy atom. The number of carbonyl (C=O) groups is 1. The number of aliphatic carboxylic acids is 1. The molecule has 0 bridgehead atoms. The lowest BCUT2D eigenvalue weighted by Crippen LogP contribution is -2.02. The normalized spacial score (nSPS) is 12.2. The summed E-state index contributed by atoms with van der Waals surface area (Å²) in [7, 11) is 0. The molecule has 1 heterocycles. The Hall–Kier alpha value is -3.56. The lowest BCUT2D eigenvalue weighted by Gasteiger charge is -1.98. The predicted octanol–water partition coefficient (Wildman–Crippen LogP) is 2.99. The molecule has 0 atom stereocenters. The minimum Gasteiger partial charge on any atom is -0.504 e. The Kier molecular flexibility index (Phi) is 4.45. The van der Waals surface area contributed by atoms with Crippen LogP contribution < -0.4 is 0 Å². The molecular formula is C13H10N4O6. The van der Waals surface area contributed by atoms with Gasteiger partial charge in [0.05, 0.1) is 4.92 Å². The molecule has 10 nitrogen and oxygen atoms in total. The second-order valence-electron chi connectivity index (χ2n) is 4.27. The molecule has 0 aliphatic carbocycles. The fourth-order valence-corrected chi connectivity index (χ4v) is 1.60. The molecule has 0 aliphatic heterocycles. The van der Waals surface area contributed by atoms with E-state index in [1.165, 1.54) is 30.3 Å². The summed E-state index contributed by atoms with van der Waals surface area (Å²) in [5.41, 5.74) is -1.46. The summed E-state index contributed by atoms with van der Waals surface area (Å²) in [5.74, 6) is -1.99. The van der Waals surface area contributed by atoms with Gasteiger partial charge in [-0.1, -0.05) is 17.3 Å². The fraction of sp³-hybridized carbons (Fsp3) is 0.0769. The van der Waals surface area contributed by atoms with Gasteiger partial charge in [-0.15, -0.1) is 10.2 Å². The van der Waals surface area contributed by atoms with E-state index in [4.69, 9.17) is 9.63 Å². The number of carboxylic acids is 1. The Bertz CT molecular complexity index is 823. The second-order valence-corrected chi connectivity index (χ2v) is 4.27. The molecule has 0 amide bonds. The quantitative estimate of drug-likeness (QED) is 0.282. The third kappa shape index (κ3) is 3.56. The monoisotopic (exact) mass is 318 g/mol. The van der Waals surface area contributed by atoms with Crippen molar-refractivity contribution < 1.29 is 24.5 Å². The summed E-state index contributed by atoms with van der Waals surface area (Å²) in [5, 5.41) is 40.3. The van der Waals surface area contributed by atoms with Gasteiger partial charge < -0.3 is 14.7 Å². The number of nitrogens with zero attached hydrogens (tertiary/aromatic N) is 4. The van der Waals surface area contributed by atoms with Crippen molar-refractivity contribution in [3.05, 3.63) is 57.6 Å². The summed E-state index contributed by atoms with van der Waals surface area (Å²) in [4.78, 5) is 21.4. The van der Waals surface area contributed by atoms with E-state index in [0.717, 1.165) is 0 Å². The maximum Gasteiger partial charge on any atom is 0.360 e. The van der Waals surface area contributed by atoms with Gasteiger partial charge in [0.15, 0.2) is 17.1 Å². The first-order valence-corrected chi connectivity index (χ1v) is 6.15. The van der Waals surface area contributed by atoms with Crippen molar-refractivity contribution in [2.24, 2.45) is 10.2 Å². The van der Waals surface area contributed by atoms with Crippen LogP contribution >= 0.6 is 0 Å². The zero-order valence-corrected chi connectivity index (χ0v) is 11.7. The van der Waals surface area contributed by atoms with Crippen molar-refractivity contribution in [2.75, 3.05) is 0 Å². The van der Waals surface area contributed by atoms with E-state index in [-0.39, 0.29) is 17.1 Å². The Labute approximate surface area is 128 Å². The molecule has 0 aliphatic rings. The van der Waals surface area contributed by atoms with Crippen molar-refractivity contribution in [1.82, 2.24) is 5.16 Å². The van der Waals surface area contributed by atoms with E-state index in [1.807, 2.05) is 0 Å². The molecular weight excluding hydrogens is 308 g/mol. The second kappa shape index (κ2) is 6.47. The number of aryl methyl sites for hydroxylation is 1. The van der Waals surface area contributed by atoms with Gasteiger partial charge in [0, 0.05) is 12.1 Å². The number of aliphatic hydroxyl groups excluding tert-OH is 1. The molecule has 0 saturated heterocycles. The molecule has 2 N–H and O–H groups in total. The zero-order valence-electron chi connectivity index (χ0n) is 11.7. The average Bonchev–Trinajstić information content (AvgIpc) is 2.93. The van der Waals surface area contributed by atoms with Gasteiger partial charge in [-0.25, -0.2) is 4.79 Å². The van der Waals surface area contributed by atoms with Gasteiger partial charge in [-0.2, -0.15) is 0 Å². The number of aliphatic hydroxyl groups is 1. The SMILES string of the molecule is Cc1cc(/C(O)=C(/N=Nc2ccccc2[N+](=O)[O-])C(=O)O)no1.